The van der Waals surface area contributed by atoms with Gasteiger partial charge in [-0.3, -0.25) is 0 Å². The summed E-state index contributed by atoms with van der Waals surface area (Å²) in [6, 6.07) is 0. The third kappa shape index (κ3) is 6.21. The van der Waals surface area contributed by atoms with E-state index in [1.807, 2.05) is 11.8 Å². The van der Waals surface area contributed by atoms with Crippen molar-refractivity contribution in [1.82, 2.24) is 0 Å². The van der Waals surface area contributed by atoms with Crippen molar-refractivity contribution in [3.05, 3.63) is 0 Å². The molecule has 0 aliphatic heterocycles. The second-order valence-corrected chi connectivity index (χ2v) is 10.7. The van der Waals surface area contributed by atoms with Crippen molar-refractivity contribution in [2.75, 3.05) is 0 Å². The highest BCUT2D eigenvalue weighted by Gasteiger charge is 2.40. The molecule has 136 valence electrons. The number of thioether (sulfide) groups is 1. The molecule has 3 heteroatoms. The lowest BCUT2D eigenvalue weighted by molar-refractivity contribution is 0.0712. The van der Waals surface area contributed by atoms with Crippen molar-refractivity contribution < 1.29 is 8.78 Å². The zero-order valence-corrected chi connectivity index (χ0v) is 16.4. The first-order chi connectivity index (χ1) is 10.7. The first-order valence-corrected chi connectivity index (χ1v) is 10.7. The van der Waals surface area contributed by atoms with Crippen molar-refractivity contribution in [2.45, 2.75) is 114 Å². The molecule has 0 radical (unpaired) electrons. The summed E-state index contributed by atoms with van der Waals surface area (Å²) in [7, 11) is 0. The molecule has 1 unspecified atom stereocenters. The van der Waals surface area contributed by atoms with Crippen LogP contribution >= 0.6 is 11.8 Å². The van der Waals surface area contributed by atoms with Gasteiger partial charge in [0.1, 0.15) is 11.3 Å². The number of hydrogen-bond acceptors (Lipinski definition) is 1. The summed E-state index contributed by atoms with van der Waals surface area (Å²) < 4.78 is 30.1. The Hall–Kier alpha value is 0.210. The summed E-state index contributed by atoms with van der Waals surface area (Å²) in [6.07, 6.45) is 8.49. The third-order valence-corrected chi connectivity index (χ3v) is 7.05. The molecule has 0 aromatic carbocycles. The van der Waals surface area contributed by atoms with Crippen LogP contribution < -0.4 is 0 Å². The van der Waals surface area contributed by atoms with Gasteiger partial charge in [0.15, 0.2) is 0 Å². The molecule has 0 aromatic rings. The van der Waals surface area contributed by atoms with Crippen molar-refractivity contribution in [3.8, 4) is 0 Å². The van der Waals surface area contributed by atoms with Gasteiger partial charge in [0.05, 0.1) is 0 Å². The number of halogens is 2. The molecule has 0 aromatic heterocycles. The second kappa shape index (κ2) is 8.06. The fraction of sp³-hybridized carbons (Fsp3) is 1.00. The molecular formula is C20H36F2S. The van der Waals surface area contributed by atoms with Gasteiger partial charge in [-0.1, -0.05) is 40.5 Å². The monoisotopic (exact) mass is 346 g/mol. The first kappa shape index (κ1) is 19.5. The molecule has 23 heavy (non-hydrogen) atoms. The van der Waals surface area contributed by atoms with Crippen LogP contribution in [0.25, 0.3) is 0 Å². The van der Waals surface area contributed by atoms with E-state index >= 15 is 8.78 Å². The average molecular weight is 347 g/mol. The SMILES string of the molecule is CC(C)C[C@@]1(F)CCC[C@H](SC(C)C[C@@]2(F)CCC[C@@H](C)C2)C1. The van der Waals surface area contributed by atoms with Crippen LogP contribution in [0.3, 0.4) is 0 Å². The van der Waals surface area contributed by atoms with Gasteiger partial charge in [0.25, 0.3) is 0 Å². The lowest BCUT2D eigenvalue weighted by Gasteiger charge is -2.38. The Labute approximate surface area is 146 Å². The molecule has 0 saturated heterocycles. The molecule has 2 rings (SSSR count). The Morgan fingerprint density at radius 2 is 1.57 bits per heavy atom. The minimum Gasteiger partial charge on any atom is -0.244 e. The van der Waals surface area contributed by atoms with Crippen molar-refractivity contribution >= 4 is 11.8 Å². The van der Waals surface area contributed by atoms with Gasteiger partial charge in [-0.05, 0) is 63.2 Å². The lowest BCUT2D eigenvalue weighted by atomic mass is 9.78. The Morgan fingerprint density at radius 3 is 2.17 bits per heavy atom. The van der Waals surface area contributed by atoms with E-state index in [2.05, 4.69) is 27.7 Å². The molecule has 0 amide bonds. The normalized spacial score (nSPS) is 40.3. The molecule has 0 spiro atoms. The van der Waals surface area contributed by atoms with E-state index in [1.54, 1.807) is 0 Å². The van der Waals surface area contributed by atoms with Crippen LogP contribution in [-0.4, -0.2) is 21.8 Å². The minimum atomic E-state index is -0.976. The maximum Gasteiger partial charge on any atom is 0.112 e. The smallest absolute Gasteiger partial charge is 0.112 e. The van der Waals surface area contributed by atoms with E-state index in [-0.39, 0.29) is 0 Å². The van der Waals surface area contributed by atoms with E-state index in [9.17, 15) is 0 Å². The zero-order valence-electron chi connectivity index (χ0n) is 15.5. The minimum absolute atomic E-state index is 0.302. The Balaban J connectivity index is 1.83. The topological polar surface area (TPSA) is 0 Å². The van der Waals surface area contributed by atoms with E-state index in [4.69, 9.17) is 0 Å². The molecule has 0 bridgehead atoms. The predicted molar refractivity (Wildman–Crippen MR) is 98.7 cm³/mol. The van der Waals surface area contributed by atoms with E-state index in [1.165, 1.54) is 6.42 Å². The highest BCUT2D eigenvalue weighted by molar-refractivity contribution is 8.00. The van der Waals surface area contributed by atoms with Crippen LogP contribution in [0.4, 0.5) is 8.78 Å². The van der Waals surface area contributed by atoms with Crippen LogP contribution in [0.15, 0.2) is 0 Å². The Morgan fingerprint density at radius 1 is 0.957 bits per heavy atom. The van der Waals surface area contributed by atoms with Crippen LogP contribution in [0.1, 0.15) is 91.9 Å². The lowest BCUT2D eigenvalue weighted by Crippen LogP contribution is -2.36. The summed E-state index contributed by atoms with van der Waals surface area (Å²) in [5.41, 5.74) is -1.94. The average Bonchev–Trinajstić information content (AvgIpc) is 2.35. The predicted octanol–water partition coefficient (Wildman–Crippen LogP) is 7.11. The summed E-state index contributed by atoms with van der Waals surface area (Å²) >= 11 is 1.86. The van der Waals surface area contributed by atoms with Crippen LogP contribution in [0.5, 0.6) is 0 Å². The standard InChI is InChI=1S/C20H36F2S/c1-15(2)11-19(21)10-6-8-18(14-19)23-17(4)13-20(22)9-5-7-16(3)12-20/h15-18H,5-14H2,1-4H3/t16-,17?,18+,19+,20-/m1/s1. The molecular weight excluding hydrogens is 310 g/mol. The number of hydrogen-bond donors (Lipinski definition) is 0. The highest BCUT2D eigenvalue weighted by atomic mass is 32.2. The summed E-state index contributed by atoms with van der Waals surface area (Å²) in [4.78, 5) is 0. The van der Waals surface area contributed by atoms with Gasteiger partial charge >= 0.3 is 0 Å². The summed E-state index contributed by atoms with van der Waals surface area (Å²) in [5.74, 6) is 0.934. The molecule has 2 aliphatic rings. The fourth-order valence-corrected chi connectivity index (χ4v) is 6.71. The molecule has 2 fully saturated rings. The Bertz CT molecular complexity index is 373. The maximum absolute atomic E-state index is 15.1. The molecule has 0 nitrogen and oxygen atoms in total. The molecule has 5 atom stereocenters. The molecule has 0 N–H and O–H groups in total. The van der Waals surface area contributed by atoms with Gasteiger partial charge in [-0.25, -0.2) is 8.78 Å². The van der Waals surface area contributed by atoms with Crippen LogP contribution in [0, 0.1) is 11.8 Å². The van der Waals surface area contributed by atoms with Crippen molar-refractivity contribution in [3.63, 3.8) is 0 Å². The molecule has 2 saturated carbocycles. The number of alkyl halides is 2. The molecule has 0 heterocycles. The number of rotatable bonds is 6. The van der Waals surface area contributed by atoms with Crippen molar-refractivity contribution in [1.29, 1.82) is 0 Å². The summed E-state index contributed by atoms with van der Waals surface area (Å²) in [6.45, 7) is 8.55. The van der Waals surface area contributed by atoms with Gasteiger partial charge < -0.3 is 0 Å². The van der Waals surface area contributed by atoms with E-state index in [0.717, 1.165) is 38.5 Å². The van der Waals surface area contributed by atoms with Gasteiger partial charge in [-0.2, -0.15) is 11.8 Å². The maximum atomic E-state index is 15.1. The van der Waals surface area contributed by atoms with E-state index in [0.29, 0.717) is 41.6 Å². The first-order valence-electron chi connectivity index (χ1n) is 9.73. The second-order valence-electron chi connectivity index (χ2n) is 8.97. The van der Waals surface area contributed by atoms with Gasteiger partial charge in [0.2, 0.25) is 0 Å². The Kier molecular flexibility index (Phi) is 6.84. The summed E-state index contributed by atoms with van der Waals surface area (Å²) in [5, 5.41) is 0.684. The third-order valence-electron chi connectivity index (χ3n) is 5.63. The quantitative estimate of drug-likeness (QED) is 0.493. The molecule has 2 aliphatic carbocycles. The van der Waals surface area contributed by atoms with Crippen LogP contribution in [0.2, 0.25) is 0 Å². The van der Waals surface area contributed by atoms with E-state index < -0.39 is 11.3 Å². The van der Waals surface area contributed by atoms with Crippen molar-refractivity contribution in [2.24, 2.45) is 11.8 Å². The van der Waals surface area contributed by atoms with Gasteiger partial charge in [0, 0.05) is 10.5 Å². The van der Waals surface area contributed by atoms with Gasteiger partial charge in [-0.15, -0.1) is 0 Å². The zero-order chi connectivity index (χ0) is 17.1. The van der Waals surface area contributed by atoms with Crippen LogP contribution in [-0.2, 0) is 0 Å². The largest absolute Gasteiger partial charge is 0.244 e. The highest BCUT2D eigenvalue weighted by Crippen LogP contribution is 2.45. The fourth-order valence-electron chi connectivity index (χ4n) is 4.97.